The number of hydrogen-bond acceptors (Lipinski definition) is 4. The molecule has 0 spiro atoms. The molecule has 5 nitrogen and oxygen atoms in total. The van der Waals surface area contributed by atoms with Gasteiger partial charge in [-0.2, -0.15) is 0 Å². The van der Waals surface area contributed by atoms with Crippen molar-refractivity contribution in [2.45, 2.75) is 38.9 Å². The van der Waals surface area contributed by atoms with Gasteiger partial charge in [0, 0.05) is 0 Å². The summed E-state index contributed by atoms with van der Waals surface area (Å²) in [6, 6.07) is 7.29. The third-order valence-corrected chi connectivity index (χ3v) is 3.76. The predicted octanol–water partition coefficient (Wildman–Crippen LogP) is 0.850. The minimum absolute atomic E-state index is 0.146. The second-order valence-electron chi connectivity index (χ2n) is 5.92. The van der Waals surface area contributed by atoms with Crippen molar-refractivity contribution in [2.24, 2.45) is 5.73 Å². The van der Waals surface area contributed by atoms with E-state index in [1.807, 2.05) is 39.8 Å². The van der Waals surface area contributed by atoms with E-state index in [-0.39, 0.29) is 17.8 Å². The van der Waals surface area contributed by atoms with Crippen LogP contribution in [-0.2, 0) is 14.1 Å². The van der Waals surface area contributed by atoms with Gasteiger partial charge in [0.05, 0.1) is 11.2 Å². The van der Waals surface area contributed by atoms with Crippen LogP contribution in [0.5, 0.6) is 5.75 Å². The van der Waals surface area contributed by atoms with Crippen molar-refractivity contribution in [1.29, 1.82) is 0 Å². The van der Waals surface area contributed by atoms with Crippen LogP contribution in [0.25, 0.3) is 0 Å². The Bertz CT molecular complexity index is 500. The van der Waals surface area contributed by atoms with Crippen molar-refractivity contribution < 1.29 is 18.8 Å². The van der Waals surface area contributed by atoms with Crippen LogP contribution in [-0.4, -0.2) is 30.8 Å². The van der Waals surface area contributed by atoms with Crippen molar-refractivity contribution >= 4 is 18.5 Å². The van der Waals surface area contributed by atoms with Gasteiger partial charge in [-0.3, -0.25) is 4.79 Å². The van der Waals surface area contributed by atoms with Crippen LogP contribution in [0.2, 0.25) is 0 Å². The van der Waals surface area contributed by atoms with Gasteiger partial charge in [-0.25, -0.2) is 0 Å². The van der Waals surface area contributed by atoms with Crippen LogP contribution in [0.15, 0.2) is 24.3 Å². The van der Waals surface area contributed by atoms with Crippen LogP contribution in [0.1, 0.15) is 27.7 Å². The van der Waals surface area contributed by atoms with Gasteiger partial charge in [0.2, 0.25) is 0 Å². The average Bonchev–Trinajstić information content (AvgIpc) is 2.56. The molecule has 1 aromatic rings. The smallest absolute Gasteiger partial charge is 0.484 e. The standard InChI is InChI=1S/C14H20BNO4/c1-13(2)14(3,4)20-15(19-13)10-6-5-7-11(8-10)18-9-12(16)17/h5-8H,9H2,1-4H3,(H2,16,17). The molecular weight excluding hydrogens is 257 g/mol. The zero-order chi connectivity index (χ0) is 15.0. The fraction of sp³-hybridized carbons (Fsp3) is 0.500. The van der Waals surface area contributed by atoms with Crippen molar-refractivity contribution in [3.05, 3.63) is 24.3 Å². The highest BCUT2D eigenvalue weighted by atomic mass is 16.7. The molecule has 0 bridgehead atoms. The van der Waals surface area contributed by atoms with E-state index in [1.165, 1.54) is 0 Å². The molecule has 0 radical (unpaired) electrons. The lowest BCUT2D eigenvalue weighted by Crippen LogP contribution is -2.41. The van der Waals surface area contributed by atoms with Crippen LogP contribution in [0.4, 0.5) is 0 Å². The topological polar surface area (TPSA) is 70.8 Å². The number of amides is 1. The molecule has 20 heavy (non-hydrogen) atoms. The molecule has 2 N–H and O–H groups in total. The fourth-order valence-corrected chi connectivity index (χ4v) is 1.88. The molecule has 6 heteroatoms. The maximum atomic E-state index is 10.7. The van der Waals surface area contributed by atoms with E-state index in [0.717, 1.165) is 5.46 Å². The van der Waals surface area contributed by atoms with Gasteiger partial charge in [-0.05, 0) is 45.3 Å². The van der Waals surface area contributed by atoms with Crippen molar-refractivity contribution in [3.8, 4) is 5.75 Å². The summed E-state index contributed by atoms with van der Waals surface area (Å²) in [6.07, 6.45) is 0. The number of nitrogens with two attached hydrogens (primary N) is 1. The Morgan fingerprint density at radius 1 is 1.25 bits per heavy atom. The first-order valence-electron chi connectivity index (χ1n) is 6.58. The van der Waals surface area contributed by atoms with Crippen molar-refractivity contribution in [2.75, 3.05) is 6.61 Å². The van der Waals surface area contributed by atoms with Gasteiger partial charge in [-0.15, -0.1) is 0 Å². The average molecular weight is 277 g/mol. The molecule has 1 heterocycles. The summed E-state index contributed by atoms with van der Waals surface area (Å²) in [5, 5.41) is 0. The number of ether oxygens (including phenoxy) is 1. The molecule has 2 rings (SSSR count). The highest BCUT2D eigenvalue weighted by Crippen LogP contribution is 2.36. The molecule has 108 valence electrons. The molecule has 1 saturated heterocycles. The predicted molar refractivity (Wildman–Crippen MR) is 76.8 cm³/mol. The molecular formula is C14H20BNO4. The monoisotopic (exact) mass is 277 g/mol. The minimum atomic E-state index is -0.508. The van der Waals surface area contributed by atoms with Crippen LogP contribution in [0, 0.1) is 0 Å². The largest absolute Gasteiger partial charge is 0.494 e. The van der Waals surface area contributed by atoms with E-state index in [1.54, 1.807) is 12.1 Å². The number of carbonyl (C=O) groups is 1. The molecule has 0 atom stereocenters. The lowest BCUT2D eigenvalue weighted by Gasteiger charge is -2.32. The molecule has 0 aromatic heterocycles. The minimum Gasteiger partial charge on any atom is -0.484 e. The Morgan fingerprint density at radius 3 is 2.40 bits per heavy atom. The van der Waals surface area contributed by atoms with Crippen LogP contribution < -0.4 is 15.9 Å². The molecule has 0 saturated carbocycles. The lowest BCUT2D eigenvalue weighted by molar-refractivity contribution is -0.119. The molecule has 1 amide bonds. The molecule has 1 fully saturated rings. The quantitative estimate of drug-likeness (QED) is 0.828. The van der Waals surface area contributed by atoms with Gasteiger partial charge >= 0.3 is 7.12 Å². The number of rotatable bonds is 4. The summed E-state index contributed by atoms with van der Waals surface area (Å²) >= 11 is 0. The summed E-state index contributed by atoms with van der Waals surface area (Å²) in [7, 11) is -0.447. The van der Waals surface area contributed by atoms with Gasteiger partial charge < -0.3 is 19.8 Å². The fourth-order valence-electron chi connectivity index (χ4n) is 1.88. The van der Waals surface area contributed by atoms with Gasteiger partial charge in [0.1, 0.15) is 5.75 Å². The third kappa shape index (κ3) is 2.97. The first-order chi connectivity index (χ1) is 9.21. The van der Waals surface area contributed by atoms with Gasteiger partial charge in [-0.1, -0.05) is 12.1 Å². The maximum Gasteiger partial charge on any atom is 0.494 e. The summed E-state index contributed by atoms with van der Waals surface area (Å²) < 4.78 is 17.2. The second kappa shape index (κ2) is 5.11. The van der Waals surface area contributed by atoms with Gasteiger partial charge in [0.15, 0.2) is 6.61 Å². The van der Waals surface area contributed by atoms with Crippen LogP contribution >= 0.6 is 0 Å². The SMILES string of the molecule is CC1(C)OB(c2cccc(OCC(N)=O)c2)OC1(C)C. The molecule has 1 aliphatic heterocycles. The summed E-state index contributed by atoms with van der Waals surface area (Å²) in [5.41, 5.74) is 5.14. The lowest BCUT2D eigenvalue weighted by atomic mass is 9.79. The highest BCUT2D eigenvalue weighted by molar-refractivity contribution is 6.62. The molecule has 1 aromatic carbocycles. The normalized spacial score (nSPS) is 19.9. The number of primary amides is 1. The summed E-state index contributed by atoms with van der Waals surface area (Å²) in [5.74, 6) is 0.0575. The molecule has 0 aliphatic carbocycles. The summed E-state index contributed by atoms with van der Waals surface area (Å²) in [4.78, 5) is 10.7. The second-order valence-corrected chi connectivity index (χ2v) is 5.92. The van der Waals surface area contributed by atoms with E-state index < -0.39 is 13.0 Å². The van der Waals surface area contributed by atoms with Crippen molar-refractivity contribution in [1.82, 2.24) is 0 Å². The van der Waals surface area contributed by atoms with Crippen LogP contribution in [0.3, 0.4) is 0 Å². The van der Waals surface area contributed by atoms with E-state index in [9.17, 15) is 4.79 Å². The zero-order valence-electron chi connectivity index (χ0n) is 12.3. The Kier molecular flexibility index (Phi) is 3.80. The van der Waals surface area contributed by atoms with Crippen molar-refractivity contribution in [3.63, 3.8) is 0 Å². The number of benzene rings is 1. The first kappa shape index (κ1) is 14.9. The zero-order valence-corrected chi connectivity index (χ0v) is 12.3. The Hall–Kier alpha value is -1.53. The number of hydrogen-bond donors (Lipinski definition) is 1. The molecule has 0 unspecified atom stereocenters. The molecule has 1 aliphatic rings. The summed E-state index contributed by atoms with van der Waals surface area (Å²) in [6.45, 7) is 7.86. The Balaban J connectivity index is 2.14. The Labute approximate surface area is 119 Å². The van der Waals surface area contributed by atoms with E-state index >= 15 is 0 Å². The first-order valence-corrected chi connectivity index (χ1v) is 6.58. The van der Waals surface area contributed by atoms with E-state index in [0.29, 0.717) is 5.75 Å². The van der Waals surface area contributed by atoms with E-state index in [4.69, 9.17) is 19.8 Å². The highest BCUT2D eigenvalue weighted by Gasteiger charge is 2.51. The van der Waals surface area contributed by atoms with E-state index in [2.05, 4.69) is 0 Å². The third-order valence-electron chi connectivity index (χ3n) is 3.76. The maximum absolute atomic E-state index is 10.7. The Morgan fingerprint density at radius 2 is 1.85 bits per heavy atom. The van der Waals surface area contributed by atoms with Gasteiger partial charge in [0.25, 0.3) is 5.91 Å². The number of carbonyl (C=O) groups excluding carboxylic acids is 1.